The lowest BCUT2D eigenvalue weighted by Crippen LogP contribution is -2.23. The minimum Gasteiger partial charge on any atom is -0.338 e. The fourth-order valence-electron chi connectivity index (χ4n) is 3.11. The van der Waals surface area contributed by atoms with Crippen molar-refractivity contribution in [3.8, 4) is 0 Å². The van der Waals surface area contributed by atoms with Gasteiger partial charge in [0.2, 0.25) is 5.89 Å². The van der Waals surface area contributed by atoms with E-state index in [0.29, 0.717) is 46.5 Å². The average molecular weight is 407 g/mol. The van der Waals surface area contributed by atoms with Crippen molar-refractivity contribution in [2.24, 2.45) is 0 Å². The largest absolute Gasteiger partial charge is 0.338 e. The van der Waals surface area contributed by atoms with Crippen LogP contribution in [0.4, 0.5) is 0 Å². The van der Waals surface area contributed by atoms with Gasteiger partial charge in [-0.15, -0.1) is 0 Å². The number of thioether (sulfide) groups is 1. The molecule has 0 N–H and O–H groups in total. The standard InChI is InChI=1S/C22H22N4O2S/c1-3-12-26-21(27)17-6-4-5-7-18(17)23-22(26)29-14-20-24-19(25-28-20)13-16-10-8-15(2)9-11-16/h4-11H,3,12-14H2,1-2H3. The summed E-state index contributed by atoms with van der Waals surface area (Å²) < 4.78 is 7.14. The maximum Gasteiger partial charge on any atom is 0.262 e. The minimum atomic E-state index is -0.00876. The van der Waals surface area contributed by atoms with Gasteiger partial charge in [0.05, 0.1) is 16.7 Å². The normalized spacial score (nSPS) is 11.2. The fourth-order valence-corrected chi connectivity index (χ4v) is 3.98. The topological polar surface area (TPSA) is 73.8 Å². The summed E-state index contributed by atoms with van der Waals surface area (Å²) in [6.45, 7) is 4.74. The molecule has 6 nitrogen and oxygen atoms in total. The Kier molecular flexibility index (Phi) is 5.76. The van der Waals surface area contributed by atoms with Gasteiger partial charge in [0.25, 0.3) is 5.56 Å². The van der Waals surface area contributed by atoms with Gasteiger partial charge in [-0.25, -0.2) is 4.98 Å². The van der Waals surface area contributed by atoms with E-state index in [-0.39, 0.29) is 5.56 Å². The third-order valence-corrected chi connectivity index (χ3v) is 5.55. The van der Waals surface area contributed by atoms with E-state index in [9.17, 15) is 4.79 Å². The molecule has 0 radical (unpaired) electrons. The number of fused-ring (bicyclic) bond motifs is 1. The van der Waals surface area contributed by atoms with Crippen molar-refractivity contribution in [3.63, 3.8) is 0 Å². The predicted molar refractivity (Wildman–Crippen MR) is 114 cm³/mol. The third-order valence-electron chi connectivity index (χ3n) is 4.59. The molecule has 29 heavy (non-hydrogen) atoms. The molecule has 2 aromatic heterocycles. The molecule has 0 fully saturated rings. The van der Waals surface area contributed by atoms with Crippen LogP contribution in [0.25, 0.3) is 10.9 Å². The summed E-state index contributed by atoms with van der Waals surface area (Å²) in [7, 11) is 0. The Bertz CT molecular complexity index is 1180. The van der Waals surface area contributed by atoms with Crippen molar-refractivity contribution in [1.29, 1.82) is 0 Å². The summed E-state index contributed by atoms with van der Waals surface area (Å²) >= 11 is 1.45. The van der Waals surface area contributed by atoms with Crippen LogP contribution in [0, 0.1) is 6.92 Å². The molecule has 0 saturated carbocycles. The lowest BCUT2D eigenvalue weighted by Gasteiger charge is -2.11. The first-order valence-corrected chi connectivity index (χ1v) is 10.6. The summed E-state index contributed by atoms with van der Waals surface area (Å²) in [5.41, 5.74) is 3.06. The highest BCUT2D eigenvalue weighted by atomic mass is 32.2. The number of para-hydroxylation sites is 1. The van der Waals surface area contributed by atoms with Crippen molar-refractivity contribution < 1.29 is 4.52 Å². The Hall–Kier alpha value is -2.93. The van der Waals surface area contributed by atoms with E-state index in [1.807, 2.05) is 31.2 Å². The molecule has 0 saturated heterocycles. The Labute approximate surface area is 173 Å². The van der Waals surface area contributed by atoms with E-state index in [2.05, 4.69) is 46.3 Å². The molecule has 0 aliphatic heterocycles. The van der Waals surface area contributed by atoms with Crippen LogP contribution >= 0.6 is 11.8 Å². The van der Waals surface area contributed by atoms with E-state index >= 15 is 0 Å². The van der Waals surface area contributed by atoms with Gasteiger partial charge in [0.1, 0.15) is 0 Å². The number of rotatable bonds is 7. The number of hydrogen-bond donors (Lipinski definition) is 0. The van der Waals surface area contributed by atoms with Crippen LogP contribution in [0.2, 0.25) is 0 Å². The molecule has 2 aromatic carbocycles. The summed E-state index contributed by atoms with van der Waals surface area (Å²) in [4.78, 5) is 22.0. The second-order valence-corrected chi connectivity index (χ2v) is 7.87. The molecule has 0 aliphatic rings. The van der Waals surface area contributed by atoms with Crippen LogP contribution in [0.1, 0.15) is 36.2 Å². The number of aryl methyl sites for hydroxylation is 1. The van der Waals surface area contributed by atoms with Gasteiger partial charge in [0, 0.05) is 13.0 Å². The van der Waals surface area contributed by atoms with Crippen molar-refractivity contribution >= 4 is 22.7 Å². The maximum absolute atomic E-state index is 12.8. The molecular formula is C22H22N4O2S. The molecule has 0 bridgehead atoms. The molecule has 4 rings (SSSR count). The smallest absolute Gasteiger partial charge is 0.262 e. The van der Waals surface area contributed by atoms with Crippen molar-refractivity contribution in [2.45, 2.75) is 44.1 Å². The zero-order chi connectivity index (χ0) is 20.2. The first kappa shape index (κ1) is 19.4. The highest BCUT2D eigenvalue weighted by Crippen LogP contribution is 2.22. The van der Waals surface area contributed by atoms with E-state index in [1.165, 1.54) is 17.3 Å². The predicted octanol–water partition coefficient (Wildman–Crippen LogP) is 4.38. The van der Waals surface area contributed by atoms with Crippen molar-refractivity contribution in [3.05, 3.63) is 81.7 Å². The Morgan fingerprint density at radius 2 is 1.86 bits per heavy atom. The summed E-state index contributed by atoms with van der Waals surface area (Å²) in [5.74, 6) is 1.65. The van der Waals surface area contributed by atoms with E-state index in [0.717, 1.165) is 12.0 Å². The monoisotopic (exact) mass is 406 g/mol. The highest BCUT2D eigenvalue weighted by Gasteiger charge is 2.13. The Morgan fingerprint density at radius 3 is 2.66 bits per heavy atom. The third kappa shape index (κ3) is 4.40. The summed E-state index contributed by atoms with van der Waals surface area (Å²) in [6.07, 6.45) is 1.48. The Balaban J connectivity index is 1.52. The van der Waals surface area contributed by atoms with Crippen LogP contribution < -0.4 is 5.56 Å². The number of aromatic nitrogens is 4. The zero-order valence-corrected chi connectivity index (χ0v) is 17.3. The van der Waals surface area contributed by atoms with Crippen molar-refractivity contribution in [2.75, 3.05) is 0 Å². The molecule has 0 aliphatic carbocycles. The van der Waals surface area contributed by atoms with Crippen molar-refractivity contribution in [1.82, 2.24) is 19.7 Å². The Morgan fingerprint density at radius 1 is 1.07 bits per heavy atom. The number of hydrogen-bond acceptors (Lipinski definition) is 6. The molecule has 148 valence electrons. The molecular weight excluding hydrogens is 384 g/mol. The van der Waals surface area contributed by atoms with E-state index < -0.39 is 0 Å². The second kappa shape index (κ2) is 8.61. The number of nitrogens with zero attached hydrogens (tertiary/aromatic N) is 4. The molecule has 2 heterocycles. The van der Waals surface area contributed by atoms with Gasteiger partial charge < -0.3 is 4.52 Å². The maximum atomic E-state index is 12.8. The average Bonchev–Trinajstić information content (AvgIpc) is 3.18. The van der Waals surface area contributed by atoms with E-state index in [4.69, 9.17) is 4.52 Å². The molecule has 0 unspecified atom stereocenters. The quantitative estimate of drug-likeness (QED) is 0.335. The molecule has 7 heteroatoms. The van der Waals surface area contributed by atoms with Crippen LogP contribution in [0.3, 0.4) is 0 Å². The van der Waals surface area contributed by atoms with Gasteiger partial charge in [0.15, 0.2) is 11.0 Å². The lowest BCUT2D eigenvalue weighted by atomic mass is 10.1. The molecule has 0 amide bonds. The zero-order valence-electron chi connectivity index (χ0n) is 16.5. The first-order valence-electron chi connectivity index (χ1n) is 9.63. The molecule has 0 atom stereocenters. The van der Waals surface area contributed by atoms with Crippen LogP contribution in [-0.4, -0.2) is 19.7 Å². The van der Waals surface area contributed by atoms with Gasteiger partial charge in [-0.1, -0.05) is 65.8 Å². The fraction of sp³-hybridized carbons (Fsp3) is 0.273. The van der Waals surface area contributed by atoms with Gasteiger partial charge >= 0.3 is 0 Å². The first-order chi connectivity index (χ1) is 14.1. The summed E-state index contributed by atoms with van der Waals surface area (Å²) in [5, 5.41) is 5.40. The summed E-state index contributed by atoms with van der Waals surface area (Å²) in [6, 6.07) is 15.7. The van der Waals surface area contributed by atoms with Gasteiger partial charge in [-0.3, -0.25) is 9.36 Å². The highest BCUT2D eigenvalue weighted by molar-refractivity contribution is 7.98. The SMILES string of the molecule is CCCn1c(SCc2nc(Cc3ccc(C)cc3)no2)nc2ccccc2c1=O. The molecule has 4 aromatic rings. The van der Waals surface area contributed by atoms with Gasteiger partial charge in [-0.2, -0.15) is 4.98 Å². The van der Waals surface area contributed by atoms with Gasteiger partial charge in [-0.05, 0) is 31.0 Å². The minimum absolute atomic E-state index is 0.00876. The van der Waals surface area contributed by atoms with Crippen LogP contribution in [-0.2, 0) is 18.7 Å². The van der Waals surface area contributed by atoms with E-state index in [1.54, 1.807) is 4.57 Å². The number of benzene rings is 2. The molecule has 0 spiro atoms. The van der Waals surface area contributed by atoms with Crippen LogP contribution in [0.5, 0.6) is 0 Å². The van der Waals surface area contributed by atoms with Crippen LogP contribution in [0.15, 0.2) is 63.0 Å². The second-order valence-electron chi connectivity index (χ2n) is 6.92. The lowest BCUT2D eigenvalue weighted by molar-refractivity contribution is 0.385.